The van der Waals surface area contributed by atoms with Crippen LogP contribution in [-0.4, -0.2) is 12.3 Å². The normalized spacial score (nSPS) is 18.4. The lowest BCUT2D eigenvalue weighted by molar-refractivity contribution is 0.511. The highest BCUT2D eigenvalue weighted by Crippen LogP contribution is 2.39. The Morgan fingerprint density at radius 1 is 1.10 bits per heavy atom. The number of benzene rings is 2. The van der Waals surface area contributed by atoms with Crippen molar-refractivity contribution in [3.63, 3.8) is 0 Å². The third kappa shape index (κ3) is 3.69. The molecule has 0 aliphatic carbocycles. The Bertz CT molecular complexity index is 542. The average molecular weight is 297 g/mol. The highest BCUT2D eigenvalue weighted by Gasteiger charge is 2.21. The second kappa shape index (κ2) is 7.15. The van der Waals surface area contributed by atoms with Crippen molar-refractivity contribution in [3.8, 4) is 0 Å². The smallest absolute Gasteiger partial charge is 0.0317 e. The highest BCUT2D eigenvalue weighted by molar-refractivity contribution is 8.00. The fraction of sp³-hybridized carbons (Fsp3) is 0.368. The number of hydrogen-bond acceptors (Lipinski definition) is 2. The van der Waals surface area contributed by atoms with Gasteiger partial charge in [-0.1, -0.05) is 55.0 Å². The van der Waals surface area contributed by atoms with Gasteiger partial charge in [-0.05, 0) is 43.5 Å². The summed E-state index contributed by atoms with van der Waals surface area (Å²) in [5.41, 5.74) is 2.95. The van der Waals surface area contributed by atoms with Crippen molar-refractivity contribution in [1.82, 2.24) is 5.32 Å². The monoisotopic (exact) mass is 297 g/mol. The van der Waals surface area contributed by atoms with Gasteiger partial charge in [0, 0.05) is 16.2 Å². The van der Waals surface area contributed by atoms with E-state index < -0.39 is 0 Å². The van der Waals surface area contributed by atoms with E-state index in [1.807, 2.05) is 0 Å². The SMILES string of the molecule is CNC(CCCC1Cc2ccccc2S1)c1ccccc1. The molecule has 2 atom stereocenters. The maximum Gasteiger partial charge on any atom is 0.0317 e. The predicted octanol–water partition coefficient (Wildman–Crippen LogP) is 4.83. The third-order valence-corrected chi connectivity index (χ3v) is 5.67. The first-order valence-corrected chi connectivity index (χ1v) is 8.71. The lowest BCUT2D eigenvalue weighted by Crippen LogP contribution is -2.16. The van der Waals surface area contributed by atoms with E-state index in [9.17, 15) is 0 Å². The van der Waals surface area contributed by atoms with Gasteiger partial charge in [0.1, 0.15) is 0 Å². The van der Waals surface area contributed by atoms with Gasteiger partial charge in [0.05, 0.1) is 0 Å². The van der Waals surface area contributed by atoms with Crippen molar-refractivity contribution in [2.45, 2.75) is 41.9 Å². The second-order valence-corrected chi connectivity index (χ2v) is 7.08. The molecular formula is C19H23NS. The Morgan fingerprint density at radius 2 is 1.86 bits per heavy atom. The van der Waals surface area contributed by atoms with Gasteiger partial charge in [-0.2, -0.15) is 0 Å². The standard InChI is InChI=1S/C19H23NS/c1-20-18(15-8-3-2-4-9-15)12-7-11-17-14-16-10-5-6-13-19(16)21-17/h2-6,8-10,13,17-18,20H,7,11-12,14H2,1H3. The predicted molar refractivity (Wildman–Crippen MR) is 91.9 cm³/mol. The Hall–Kier alpha value is -1.25. The van der Waals surface area contributed by atoms with Crippen LogP contribution in [0.15, 0.2) is 59.5 Å². The molecule has 0 saturated heterocycles. The van der Waals surface area contributed by atoms with Gasteiger partial charge in [-0.25, -0.2) is 0 Å². The zero-order chi connectivity index (χ0) is 14.5. The first-order chi connectivity index (χ1) is 10.4. The molecular weight excluding hydrogens is 274 g/mol. The van der Waals surface area contributed by atoms with Crippen molar-refractivity contribution >= 4 is 11.8 Å². The van der Waals surface area contributed by atoms with Crippen LogP contribution in [0.3, 0.4) is 0 Å². The van der Waals surface area contributed by atoms with E-state index in [-0.39, 0.29) is 0 Å². The third-order valence-electron chi connectivity index (χ3n) is 4.28. The first kappa shape index (κ1) is 14.7. The second-order valence-electron chi connectivity index (χ2n) is 5.73. The van der Waals surface area contributed by atoms with Crippen molar-refractivity contribution in [2.75, 3.05) is 7.05 Å². The first-order valence-electron chi connectivity index (χ1n) is 7.83. The molecule has 0 radical (unpaired) electrons. The Balaban J connectivity index is 1.48. The number of nitrogens with one attached hydrogen (secondary N) is 1. The van der Waals surface area contributed by atoms with Crippen molar-refractivity contribution < 1.29 is 0 Å². The van der Waals surface area contributed by atoms with Crippen LogP contribution in [0.5, 0.6) is 0 Å². The van der Waals surface area contributed by atoms with Gasteiger partial charge in [-0.3, -0.25) is 0 Å². The summed E-state index contributed by atoms with van der Waals surface area (Å²) in [6, 6.07) is 20.1. The Labute approximate surface area is 132 Å². The molecule has 0 fully saturated rings. The van der Waals surface area contributed by atoms with Crippen LogP contribution < -0.4 is 5.32 Å². The van der Waals surface area contributed by atoms with Crippen LogP contribution in [0.25, 0.3) is 0 Å². The van der Waals surface area contributed by atoms with Crippen LogP contribution in [0.1, 0.15) is 36.4 Å². The van der Waals surface area contributed by atoms with E-state index >= 15 is 0 Å². The largest absolute Gasteiger partial charge is 0.313 e. The van der Waals surface area contributed by atoms with Gasteiger partial charge in [0.15, 0.2) is 0 Å². The fourth-order valence-electron chi connectivity index (χ4n) is 3.13. The summed E-state index contributed by atoms with van der Waals surface area (Å²) in [7, 11) is 2.07. The fourth-order valence-corrected chi connectivity index (χ4v) is 4.49. The molecule has 2 aromatic rings. The number of fused-ring (bicyclic) bond motifs is 1. The van der Waals surface area contributed by atoms with Gasteiger partial charge >= 0.3 is 0 Å². The van der Waals surface area contributed by atoms with E-state index in [0.29, 0.717) is 6.04 Å². The summed E-state index contributed by atoms with van der Waals surface area (Å²) in [4.78, 5) is 1.50. The molecule has 0 amide bonds. The summed E-state index contributed by atoms with van der Waals surface area (Å²) in [6.45, 7) is 0. The molecule has 110 valence electrons. The van der Waals surface area contributed by atoms with Crippen LogP contribution in [0.2, 0.25) is 0 Å². The zero-order valence-corrected chi connectivity index (χ0v) is 13.4. The van der Waals surface area contributed by atoms with Crippen molar-refractivity contribution in [1.29, 1.82) is 0 Å². The summed E-state index contributed by atoms with van der Waals surface area (Å²) in [5.74, 6) is 0. The Morgan fingerprint density at radius 3 is 2.62 bits per heavy atom. The molecule has 1 aliphatic heterocycles. The number of rotatable bonds is 6. The molecule has 2 aromatic carbocycles. The van der Waals surface area contributed by atoms with Crippen molar-refractivity contribution in [2.24, 2.45) is 0 Å². The molecule has 2 unspecified atom stereocenters. The summed E-state index contributed by atoms with van der Waals surface area (Å²) < 4.78 is 0. The van der Waals surface area contributed by atoms with Gasteiger partial charge in [-0.15, -0.1) is 11.8 Å². The molecule has 0 bridgehead atoms. The van der Waals surface area contributed by atoms with Gasteiger partial charge in [0.2, 0.25) is 0 Å². The molecule has 1 N–H and O–H groups in total. The van der Waals surface area contributed by atoms with E-state index in [4.69, 9.17) is 0 Å². The molecule has 1 aliphatic rings. The maximum absolute atomic E-state index is 3.45. The van der Waals surface area contributed by atoms with E-state index in [2.05, 4.69) is 78.7 Å². The number of thioether (sulfide) groups is 1. The summed E-state index contributed by atoms with van der Waals surface area (Å²) >= 11 is 2.07. The lowest BCUT2D eigenvalue weighted by Gasteiger charge is -2.17. The lowest BCUT2D eigenvalue weighted by atomic mass is 9.99. The van der Waals surface area contributed by atoms with Gasteiger partial charge in [0.25, 0.3) is 0 Å². The molecule has 0 aromatic heterocycles. The molecule has 3 rings (SSSR count). The molecule has 0 saturated carbocycles. The molecule has 0 spiro atoms. The zero-order valence-electron chi connectivity index (χ0n) is 12.6. The maximum atomic E-state index is 3.45. The van der Waals surface area contributed by atoms with E-state index in [1.165, 1.54) is 36.1 Å². The molecule has 21 heavy (non-hydrogen) atoms. The average Bonchev–Trinajstić information content (AvgIpc) is 2.95. The minimum absolute atomic E-state index is 0.486. The Kier molecular flexibility index (Phi) is 5.00. The molecule has 1 heterocycles. The van der Waals surface area contributed by atoms with Crippen LogP contribution in [0, 0.1) is 0 Å². The number of hydrogen-bond donors (Lipinski definition) is 1. The quantitative estimate of drug-likeness (QED) is 0.819. The molecule has 2 heteroatoms. The van der Waals surface area contributed by atoms with E-state index in [0.717, 1.165) is 5.25 Å². The van der Waals surface area contributed by atoms with E-state index in [1.54, 1.807) is 5.56 Å². The molecule has 1 nitrogen and oxygen atoms in total. The van der Waals surface area contributed by atoms with Crippen LogP contribution >= 0.6 is 11.8 Å². The topological polar surface area (TPSA) is 12.0 Å². The minimum atomic E-state index is 0.486. The summed E-state index contributed by atoms with van der Waals surface area (Å²) in [6.07, 6.45) is 5.06. The minimum Gasteiger partial charge on any atom is -0.313 e. The van der Waals surface area contributed by atoms with Crippen LogP contribution in [-0.2, 0) is 6.42 Å². The van der Waals surface area contributed by atoms with Crippen LogP contribution in [0.4, 0.5) is 0 Å². The highest BCUT2D eigenvalue weighted by atomic mass is 32.2. The summed E-state index contributed by atoms with van der Waals surface area (Å²) in [5, 5.41) is 4.23. The van der Waals surface area contributed by atoms with Gasteiger partial charge < -0.3 is 5.32 Å². The van der Waals surface area contributed by atoms with Crippen molar-refractivity contribution in [3.05, 3.63) is 65.7 Å².